The molecular formula is C29H36ClN7O3. The van der Waals surface area contributed by atoms with Gasteiger partial charge in [-0.2, -0.15) is 5.10 Å². The highest BCUT2D eigenvalue weighted by atomic mass is 35.5. The van der Waals surface area contributed by atoms with Gasteiger partial charge in [-0.3, -0.25) is 9.48 Å². The molecule has 0 aliphatic carbocycles. The van der Waals surface area contributed by atoms with Crippen LogP contribution in [-0.2, 0) is 24.4 Å². The Balaban J connectivity index is 1.52. The molecule has 1 N–H and O–H groups in total. The van der Waals surface area contributed by atoms with E-state index in [0.717, 1.165) is 17.8 Å². The van der Waals surface area contributed by atoms with Crippen LogP contribution in [0.1, 0.15) is 55.7 Å². The smallest absolute Gasteiger partial charge is 0.407 e. The Morgan fingerprint density at radius 3 is 2.65 bits per heavy atom. The number of aromatic nitrogens is 5. The number of halogens is 1. The van der Waals surface area contributed by atoms with Crippen LogP contribution in [0.3, 0.4) is 0 Å². The minimum absolute atomic E-state index is 0.146. The number of aryl methyl sites for hydroxylation is 2. The van der Waals surface area contributed by atoms with Crippen molar-refractivity contribution in [1.82, 2.24) is 34.5 Å². The summed E-state index contributed by atoms with van der Waals surface area (Å²) in [5.74, 6) is -0.146. The number of pyridine rings is 1. The maximum atomic E-state index is 13.7. The molecule has 2 amide bonds. The molecule has 4 aromatic rings. The van der Waals surface area contributed by atoms with Crippen LogP contribution < -0.4 is 5.32 Å². The monoisotopic (exact) mass is 565 g/mol. The fraction of sp³-hybridized carbons (Fsp3) is 0.414. The second-order valence-electron chi connectivity index (χ2n) is 10.7. The SMILES string of the molecule is CCn1ncc(CN(C)C(=O)c2cc(-c3cn(CCCNC(=O)OC(C)(C)C)cn3)nc3ccc(Cl)cc23)c1C. The summed E-state index contributed by atoms with van der Waals surface area (Å²) in [6.45, 7) is 11.8. The molecule has 0 saturated heterocycles. The molecule has 0 radical (unpaired) electrons. The normalized spacial score (nSPS) is 11.6. The molecule has 0 spiro atoms. The lowest BCUT2D eigenvalue weighted by atomic mass is 10.0. The molecule has 212 valence electrons. The molecule has 3 aromatic heterocycles. The predicted molar refractivity (Wildman–Crippen MR) is 155 cm³/mol. The number of amides is 2. The summed E-state index contributed by atoms with van der Waals surface area (Å²) in [4.78, 5) is 36.6. The number of hydrogen-bond acceptors (Lipinski definition) is 6. The third kappa shape index (κ3) is 6.98. The molecule has 4 rings (SSSR count). The van der Waals surface area contributed by atoms with Crippen molar-refractivity contribution >= 4 is 34.5 Å². The Labute approximate surface area is 239 Å². The molecular weight excluding hydrogens is 530 g/mol. The summed E-state index contributed by atoms with van der Waals surface area (Å²) in [6.07, 6.45) is 5.68. The van der Waals surface area contributed by atoms with Gasteiger partial charge in [0, 0.05) is 61.1 Å². The van der Waals surface area contributed by atoms with Crippen molar-refractivity contribution in [2.45, 2.75) is 66.3 Å². The van der Waals surface area contributed by atoms with Crippen LogP contribution in [0.4, 0.5) is 4.79 Å². The van der Waals surface area contributed by atoms with Gasteiger partial charge >= 0.3 is 6.09 Å². The molecule has 0 atom stereocenters. The average Bonchev–Trinajstić information content (AvgIpc) is 3.51. The topological polar surface area (TPSA) is 107 Å². The number of carbonyl (C=O) groups is 2. The van der Waals surface area contributed by atoms with Crippen molar-refractivity contribution in [3.8, 4) is 11.4 Å². The minimum atomic E-state index is -0.534. The lowest BCUT2D eigenvalue weighted by Gasteiger charge is -2.19. The van der Waals surface area contributed by atoms with Crippen molar-refractivity contribution in [1.29, 1.82) is 0 Å². The van der Waals surface area contributed by atoms with Gasteiger partial charge in [0.1, 0.15) is 11.3 Å². The van der Waals surface area contributed by atoms with Crippen LogP contribution >= 0.6 is 11.6 Å². The zero-order chi connectivity index (χ0) is 29.0. The van der Waals surface area contributed by atoms with Gasteiger partial charge < -0.3 is 19.5 Å². The highest BCUT2D eigenvalue weighted by Gasteiger charge is 2.20. The molecule has 3 heterocycles. The Bertz CT molecular complexity index is 1520. The van der Waals surface area contributed by atoms with Crippen molar-refractivity contribution in [3.05, 3.63) is 64.8 Å². The van der Waals surface area contributed by atoms with E-state index in [2.05, 4.69) is 15.4 Å². The lowest BCUT2D eigenvalue weighted by Crippen LogP contribution is -2.33. The molecule has 1 aromatic carbocycles. The number of fused-ring (bicyclic) bond motifs is 1. The van der Waals surface area contributed by atoms with Crippen LogP contribution in [0.2, 0.25) is 5.02 Å². The van der Waals surface area contributed by atoms with Crippen LogP contribution in [0.5, 0.6) is 0 Å². The number of alkyl carbamates (subject to hydrolysis) is 1. The molecule has 0 unspecified atom stereocenters. The Hall–Kier alpha value is -3.92. The van der Waals surface area contributed by atoms with Gasteiger partial charge in [0.15, 0.2) is 0 Å². The number of nitrogens with one attached hydrogen (secondary N) is 1. The standard InChI is InChI=1S/C29H36ClN7O3/c1-7-37-19(2)20(15-33-37)16-35(6)27(38)23-14-25(34-24-10-9-21(30)13-22(23)24)26-17-36(18-32-26)12-8-11-31-28(39)40-29(3,4)5/h9-10,13-15,17-18H,7-8,11-12,16H2,1-6H3,(H,31,39). The van der Waals surface area contributed by atoms with Gasteiger partial charge in [0.2, 0.25) is 0 Å². The molecule has 0 aliphatic rings. The van der Waals surface area contributed by atoms with Gasteiger partial charge in [-0.25, -0.2) is 14.8 Å². The van der Waals surface area contributed by atoms with E-state index in [0.29, 0.717) is 58.9 Å². The minimum Gasteiger partial charge on any atom is -0.444 e. The number of rotatable bonds is 9. The first kappa shape index (κ1) is 29.1. The highest BCUT2D eigenvalue weighted by molar-refractivity contribution is 6.31. The van der Waals surface area contributed by atoms with Gasteiger partial charge in [-0.05, 0) is 65.3 Å². The quantitative estimate of drug-likeness (QED) is 0.270. The maximum absolute atomic E-state index is 13.7. The highest BCUT2D eigenvalue weighted by Crippen LogP contribution is 2.28. The zero-order valence-electron chi connectivity index (χ0n) is 23.9. The zero-order valence-corrected chi connectivity index (χ0v) is 24.6. The average molecular weight is 566 g/mol. The van der Waals surface area contributed by atoms with E-state index in [1.54, 1.807) is 36.5 Å². The van der Waals surface area contributed by atoms with Crippen LogP contribution in [-0.4, -0.2) is 60.4 Å². The first-order valence-electron chi connectivity index (χ1n) is 13.3. The second-order valence-corrected chi connectivity index (χ2v) is 11.2. The first-order valence-corrected chi connectivity index (χ1v) is 13.7. The Morgan fingerprint density at radius 1 is 1.18 bits per heavy atom. The van der Waals surface area contributed by atoms with Crippen LogP contribution in [0.15, 0.2) is 43.0 Å². The Kier molecular flexibility index (Phi) is 8.78. The number of hydrogen-bond donors (Lipinski definition) is 1. The molecule has 11 heteroatoms. The van der Waals surface area contributed by atoms with E-state index < -0.39 is 11.7 Å². The fourth-order valence-electron chi connectivity index (χ4n) is 4.38. The summed E-state index contributed by atoms with van der Waals surface area (Å²) in [5.41, 5.74) is 3.90. The van der Waals surface area contributed by atoms with E-state index in [1.807, 2.05) is 62.3 Å². The van der Waals surface area contributed by atoms with E-state index in [4.69, 9.17) is 21.3 Å². The second kappa shape index (κ2) is 12.1. The van der Waals surface area contributed by atoms with E-state index >= 15 is 0 Å². The summed E-state index contributed by atoms with van der Waals surface area (Å²) in [5, 5.41) is 8.38. The molecule has 40 heavy (non-hydrogen) atoms. The maximum Gasteiger partial charge on any atom is 0.407 e. The van der Waals surface area contributed by atoms with E-state index in [1.165, 1.54) is 0 Å². The van der Waals surface area contributed by atoms with Crippen molar-refractivity contribution < 1.29 is 14.3 Å². The van der Waals surface area contributed by atoms with Gasteiger partial charge in [-0.1, -0.05) is 11.6 Å². The molecule has 0 saturated carbocycles. The molecule has 10 nitrogen and oxygen atoms in total. The number of ether oxygens (including phenoxy) is 1. The lowest BCUT2D eigenvalue weighted by molar-refractivity contribution is 0.0526. The van der Waals surface area contributed by atoms with Gasteiger partial charge in [-0.15, -0.1) is 0 Å². The molecule has 0 fully saturated rings. The van der Waals surface area contributed by atoms with Gasteiger partial charge in [0.25, 0.3) is 5.91 Å². The largest absolute Gasteiger partial charge is 0.444 e. The van der Waals surface area contributed by atoms with Crippen molar-refractivity contribution in [3.63, 3.8) is 0 Å². The molecule has 0 aliphatic heterocycles. The third-order valence-electron chi connectivity index (χ3n) is 6.42. The number of carbonyl (C=O) groups excluding carboxylic acids is 2. The summed E-state index contributed by atoms with van der Waals surface area (Å²) < 4.78 is 9.11. The van der Waals surface area contributed by atoms with E-state index in [9.17, 15) is 9.59 Å². The summed E-state index contributed by atoms with van der Waals surface area (Å²) in [7, 11) is 1.78. The Morgan fingerprint density at radius 2 is 1.95 bits per heavy atom. The first-order chi connectivity index (χ1) is 18.9. The summed E-state index contributed by atoms with van der Waals surface area (Å²) >= 11 is 6.30. The fourth-order valence-corrected chi connectivity index (χ4v) is 4.55. The van der Waals surface area contributed by atoms with E-state index in [-0.39, 0.29) is 5.91 Å². The van der Waals surface area contributed by atoms with Crippen molar-refractivity contribution in [2.75, 3.05) is 13.6 Å². The van der Waals surface area contributed by atoms with Gasteiger partial charge in [0.05, 0.1) is 29.3 Å². The molecule has 0 bridgehead atoms. The number of nitrogens with zero attached hydrogens (tertiary/aromatic N) is 6. The summed E-state index contributed by atoms with van der Waals surface area (Å²) in [6, 6.07) is 7.12. The van der Waals surface area contributed by atoms with Crippen LogP contribution in [0, 0.1) is 6.92 Å². The number of benzene rings is 1. The van der Waals surface area contributed by atoms with Crippen molar-refractivity contribution in [2.24, 2.45) is 0 Å². The van der Waals surface area contributed by atoms with Crippen LogP contribution in [0.25, 0.3) is 22.3 Å². The number of imidazole rings is 1. The predicted octanol–water partition coefficient (Wildman–Crippen LogP) is 5.46. The third-order valence-corrected chi connectivity index (χ3v) is 6.65.